The van der Waals surface area contributed by atoms with Gasteiger partial charge in [-0.2, -0.15) is 5.10 Å². The number of rotatable bonds is 7. The van der Waals surface area contributed by atoms with E-state index in [2.05, 4.69) is 10.1 Å². The molecule has 0 aliphatic heterocycles. The fraction of sp³-hybridized carbons (Fsp3) is 0.357. The van der Waals surface area contributed by atoms with Gasteiger partial charge in [0.05, 0.1) is 0 Å². The van der Waals surface area contributed by atoms with Gasteiger partial charge in [0.15, 0.2) is 11.6 Å². The fourth-order valence-corrected chi connectivity index (χ4v) is 1.87. The van der Waals surface area contributed by atoms with E-state index in [1.54, 1.807) is 0 Å². The zero-order chi connectivity index (χ0) is 14.4. The van der Waals surface area contributed by atoms with Crippen molar-refractivity contribution in [1.82, 2.24) is 14.8 Å². The minimum Gasteiger partial charge on any atom is -0.362 e. The highest BCUT2D eigenvalue weighted by Crippen LogP contribution is 2.10. The Bertz CT molecular complexity index is 554. The molecule has 1 heterocycles. The molecule has 0 radical (unpaired) electrons. The average Bonchev–Trinajstić information content (AvgIpc) is 2.93. The Morgan fingerprint density at radius 1 is 1.40 bits per heavy atom. The lowest BCUT2D eigenvalue weighted by Gasteiger charge is -2.09. The number of ketones is 1. The van der Waals surface area contributed by atoms with E-state index in [4.69, 9.17) is 4.74 Å². The van der Waals surface area contributed by atoms with Crippen LogP contribution < -0.4 is 0 Å². The molecule has 1 atom stereocenters. The highest BCUT2D eigenvalue weighted by atomic mass is 16.6. The van der Waals surface area contributed by atoms with E-state index in [9.17, 15) is 9.90 Å². The van der Waals surface area contributed by atoms with Crippen LogP contribution in [-0.2, 0) is 22.5 Å². The van der Waals surface area contributed by atoms with Gasteiger partial charge < -0.3 is 9.84 Å². The van der Waals surface area contributed by atoms with Gasteiger partial charge in [-0.25, -0.2) is 9.67 Å². The number of hydrogen-bond acceptors (Lipinski definition) is 5. The molecule has 0 aliphatic carbocycles. The Morgan fingerprint density at radius 3 is 2.85 bits per heavy atom. The maximum atomic E-state index is 11.9. The number of aliphatic hydroxyl groups is 1. The van der Waals surface area contributed by atoms with Crippen molar-refractivity contribution in [1.29, 1.82) is 0 Å². The molecule has 1 N–H and O–H groups in total. The number of nitrogens with zero attached hydrogens (tertiary/aromatic N) is 3. The minimum absolute atomic E-state index is 0.0314. The third-order valence-corrected chi connectivity index (χ3v) is 2.95. The van der Waals surface area contributed by atoms with E-state index in [0.29, 0.717) is 12.8 Å². The van der Waals surface area contributed by atoms with Crippen molar-refractivity contribution in [3.8, 4) is 0 Å². The van der Waals surface area contributed by atoms with Crippen molar-refractivity contribution in [2.45, 2.75) is 25.7 Å². The molecule has 1 unspecified atom stereocenters. The molecule has 0 aliphatic rings. The van der Waals surface area contributed by atoms with Crippen molar-refractivity contribution in [2.75, 3.05) is 7.11 Å². The Kier molecular flexibility index (Phi) is 4.97. The van der Waals surface area contributed by atoms with Crippen LogP contribution in [0.15, 0.2) is 36.7 Å². The van der Waals surface area contributed by atoms with Crippen LogP contribution in [0.3, 0.4) is 0 Å². The number of ether oxygens (including phenoxy) is 1. The van der Waals surface area contributed by atoms with Crippen molar-refractivity contribution >= 4 is 5.78 Å². The summed E-state index contributed by atoms with van der Waals surface area (Å²) in [5.41, 5.74) is 1.12. The molecule has 0 bridgehead atoms. The summed E-state index contributed by atoms with van der Waals surface area (Å²) in [7, 11) is 1.36. The van der Waals surface area contributed by atoms with E-state index in [1.807, 2.05) is 30.3 Å². The normalized spacial score (nSPS) is 12.3. The molecular weight excluding hydrogens is 258 g/mol. The van der Waals surface area contributed by atoms with Crippen LogP contribution in [0.5, 0.6) is 0 Å². The molecule has 20 heavy (non-hydrogen) atoms. The average molecular weight is 275 g/mol. The van der Waals surface area contributed by atoms with Crippen LogP contribution in [-0.4, -0.2) is 32.8 Å². The van der Waals surface area contributed by atoms with Crippen LogP contribution >= 0.6 is 0 Å². The van der Waals surface area contributed by atoms with Gasteiger partial charge in [-0.15, -0.1) is 0 Å². The standard InChI is InChI=1S/C14H17N3O3/c1-20-14(19)13-15-10-16-17(13)9-12(18)8-7-11-5-3-2-4-6-11/h2-6,10,14,19H,7-9H2,1H3. The largest absolute Gasteiger partial charge is 0.362 e. The molecule has 1 aromatic heterocycles. The SMILES string of the molecule is COC(O)c1ncnn1CC(=O)CCc1ccccc1. The highest BCUT2D eigenvalue weighted by molar-refractivity contribution is 5.78. The second-order valence-electron chi connectivity index (χ2n) is 4.39. The van der Waals surface area contributed by atoms with Crippen molar-refractivity contribution in [2.24, 2.45) is 0 Å². The summed E-state index contributed by atoms with van der Waals surface area (Å²) < 4.78 is 6.13. The Morgan fingerprint density at radius 2 is 2.15 bits per heavy atom. The number of carbonyl (C=O) groups is 1. The monoisotopic (exact) mass is 275 g/mol. The van der Waals surface area contributed by atoms with Crippen molar-refractivity contribution in [3.05, 3.63) is 48.0 Å². The molecule has 6 heteroatoms. The Hall–Kier alpha value is -2.05. The number of methoxy groups -OCH3 is 1. The molecule has 1 aromatic carbocycles. The Balaban J connectivity index is 1.90. The first-order valence-corrected chi connectivity index (χ1v) is 6.35. The zero-order valence-corrected chi connectivity index (χ0v) is 11.3. The van der Waals surface area contributed by atoms with Crippen LogP contribution in [0.2, 0.25) is 0 Å². The summed E-state index contributed by atoms with van der Waals surface area (Å²) in [6.07, 6.45) is 1.24. The van der Waals surface area contributed by atoms with Gasteiger partial charge in [-0.3, -0.25) is 4.79 Å². The van der Waals surface area contributed by atoms with Crippen LogP contribution in [0.1, 0.15) is 24.1 Å². The lowest BCUT2D eigenvalue weighted by atomic mass is 10.1. The summed E-state index contributed by atoms with van der Waals surface area (Å²) in [5, 5.41) is 13.5. The van der Waals surface area contributed by atoms with Gasteiger partial charge in [0.1, 0.15) is 12.9 Å². The van der Waals surface area contributed by atoms with E-state index >= 15 is 0 Å². The van der Waals surface area contributed by atoms with Crippen LogP contribution in [0.4, 0.5) is 0 Å². The summed E-state index contributed by atoms with van der Waals surface area (Å²) >= 11 is 0. The van der Waals surface area contributed by atoms with Gasteiger partial charge >= 0.3 is 0 Å². The molecule has 0 fully saturated rings. The van der Waals surface area contributed by atoms with Crippen molar-refractivity contribution in [3.63, 3.8) is 0 Å². The maximum absolute atomic E-state index is 11.9. The first-order chi connectivity index (χ1) is 9.70. The minimum atomic E-state index is -1.17. The van der Waals surface area contributed by atoms with Gasteiger partial charge in [0, 0.05) is 13.5 Å². The maximum Gasteiger partial charge on any atom is 0.216 e. The smallest absolute Gasteiger partial charge is 0.216 e. The predicted octanol–water partition coefficient (Wildman–Crippen LogP) is 1.12. The second-order valence-corrected chi connectivity index (χ2v) is 4.39. The Labute approximate surface area is 117 Å². The summed E-state index contributed by atoms with van der Waals surface area (Å²) in [6, 6.07) is 9.82. The number of aryl methyl sites for hydroxylation is 1. The predicted molar refractivity (Wildman–Crippen MR) is 71.8 cm³/mol. The first kappa shape index (κ1) is 14.4. The topological polar surface area (TPSA) is 77.2 Å². The van der Waals surface area contributed by atoms with E-state index in [1.165, 1.54) is 18.1 Å². The number of carbonyl (C=O) groups excluding carboxylic acids is 1. The second kappa shape index (κ2) is 6.93. The summed E-state index contributed by atoms with van der Waals surface area (Å²) in [4.78, 5) is 15.8. The van der Waals surface area contributed by atoms with Gasteiger partial charge in [0.25, 0.3) is 0 Å². The van der Waals surface area contributed by atoms with E-state index < -0.39 is 6.29 Å². The molecule has 0 saturated heterocycles. The number of aromatic nitrogens is 3. The lowest BCUT2D eigenvalue weighted by Crippen LogP contribution is -2.17. The highest BCUT2D eigenvalue weighted by Gasteiger charge is 2.16. The van der Waals surface area contributed by atoms with Gasteiger partial charge in [-0.1, -0.05) is 30.3 Å². The van der Waals surface area contributed by atoms with E-state index in [0.717, 1.165) is 5.56 Å². The van der Waals surface area contributed by atoms with Crippen molar-refractivity contribution < 1.29 is 14.6 Å². The van der Waals surface area contributed by atoms with Crippen LogP contribution in [0.25, 0.3) is 0 Å². The molecule has 106 valence electrons. The molecule has 0 spiro atoms. The molecule has 2 rings (SSSR count). The summed E-state index contributed by atoms with van der Waals surface area (Å²) in [6.45, 7) is 0.0859. The third-order valence-electron chi connectivity index (χ3n) is 2.95. The number of aliphatic hydroxyl groups excluding tert-OH is 1. The third kappa shape index (κ3) is 3.72. The van der Waals surface area contributed by atoms with E-state index in [-0.39, 0.29) is 18.2 Å². The van der Waals surface area contributed by atoms with Crippen LogP contribution in [0, 0.1) is 0 Å². The quantitative estimate of drug-likeness (QED) is 0.766. The number of Topliss-reactive ketones (excluding diaryl/α,β-unsaturated/α-hetero) is 1. The first-order valence-electron chi connectivity index (χ1n) is 6.35. The molecule has 6 nitrogen and oxygen atoms in total. The lowest BCUT2D eigenvalue weighted by molar-refractivity contribution is -0.120. The van der Waals surface area contributed by atoms with Gasteiger partial charge in [0.2, 0.25) is 6.29 Å². The zero-order valence-electron chi connectivity index (χ0n) is 11.3. The fourth-order valence-electron chi connectivity index (χ4n) is 1.87. The number of hydrogen-bond donors (Lipinski definition) is 1. The van der Waals surface area contributed by atoms with Gasteiger partial charge in [-0.05, 0) is 12.0 Å². The molecular formula is C14H17N3O3. The molecule has 0 saturated carbocycles. The summed E-state index contributed by atoms with van der Waals surface area (Å²) in [5.74, 6) is 0.268. The number of benzene rings is 1. The molecule has 2 aromatic rings. The molecule has 0 amide bonds.